The summed E-state index contributed by atoms with van der Waals surface area (Å²) in [4.78, 5) is 21.6. The van der Waals surface area contributed by atoms with Gasteiger partial charge in [0.1, 0.15) is 24.4 Å². The summed E-state index contributed by atoms with van der Waals surface area (Å²) in [7, 11) is 0. The van der Waals surface area contributed by atoms with Crippen LogP contribution in [0.15, 0.2) is 36.7 Å². The molecule has 0 radical (unpaired) electrons. The minimum Gasteiger partial charge on any atom is -0.439 e. The number of amides is 1. The number of hydrogen-bond acceptors (Lipinski definition) is 6. The van der Waals surface area contributed by atoms with Crippen LogP contribution in [-0.2, 0) is 6.54 Å². The van der Waals surface area contributed by atoms with E-state index >= 15 is 0 Å². The van der Waals surface area contributed by atoms with Crippen LogP contribution in [0.25, 0.3) is 0 Å². The van der Waals surface area contributed by atoms with Crippen LogP contribution in [-0.4, -0.2) is 51.2 Å². The van der Waals surface area contributed by atoms with Crippen molar-refractivity contribution in [2.45, 2.75) is 18.8 Å². The minimum atomic E-state index is -1.41. The second-order valence-electron chi connectivity index (χ2n) is 5.48. The number of rotatable bonds is 4. The number of nitrogens with two attached hydrogens (primary N) is 1. The van der Waals surface area contributed by atoms with Gasteiger partial charge in [-0.1, -0.05) is 6.07 Å². The number of halogens is 2. The first-order valence-corrected chi connectivity index (χ1v) is 7.47. The number of aliphatic hydroxyl groups is 1. The van der Waals surface area contributed by atoms with Crippen LogP contribution in [0, 0.1) is 0 Å². The van der Waals surface area contributed by atoms with E-state index in [2.05, 4.69) is 9.97 Å². The van der Waals surface area contributed by atoms with Crippen molar-refractivity contribution in [1.82, 2.24) is 14.9 Å². The van der Waals surface area contributed by atoms with Gasteiger partial charge in [0, 0.05) is 24.7 Å². The number of carbonyl (C=O) groups excluding carboxylic acids is 1. The monoisotopic (exact) mass is 368 g/mol. The van der Waals surface area contributed by atoms with Gasteiger partial charge in [-0.25, -0.2) is 14.4 Å². The lowest BCUT2D eigenvalue weighted by atomic mass is 10.2. The lowest BCUT2D eigenvalue weighted by molar-refractivity contribution is 0.0764. The molecule has 1 fully saturated rings. The Hall–Kier alpha value is -2.29. The normalized spacial score (nSPS) is 19.4. The molecular weight excluding hydrogens is 351 g/mol. The van der Waals surface area contributed by atoms with E-state index in [0.717, 1.165) is 0 Å². The quantitative estimate of drug-likeness (QED) is 0.843. The molecular formula is C16H18ClFN4O3. The zero-order chi connectivity index (χ0) is 17.1. The highest BCUT2D eigenvalue weighted by molar-refractivity contribution is 5.94. The molecule has 1 aliphatic heterocycles. The number of likely N-dealkylation sites (tertiary alicyclic amines) is 1. The SMILES string of the molecule is Cl.NCc1cc(Oc2cccc(C(=O)N3C[C@H](O)[C@@H](F)C3)c2)ncn1. The molecule has 1 aliphatic rings. The van der Waals surface area contributed by atoms with Crippen molar-refractivity contribution in [2.75, 3.05) is 13.1 Å². The molecule has 2 aromatic rings. The first-order valence-electron chi connectivity index (χ1n) is 7.47. The van der Waals surface area contributed by atoms with Crippen LogP contribution in [0.1, 0.15) is 16.1 Å². The Bertz CT molecular complexity index is 739. The molecule has 0 unspecified atom stereocenters. The Kier molecular flexibility index (Phi) is 6.24. The van der Waals surface area contributed by atoms with E-state index < -0.39 is 12.3 Å². The molecule has 3 rings (SSSR count). The predicted octanol–water partition coefficient (Wildman–Crippen LogP) is 1.30. The molecule has 0 saturated carbocycles. The number of aliphatic hydroxyl groups excluding tert-OH is 1. The number of hydrogen-bond donors (Lipinski definition) is 2. The fraction of sp³-hybridized carbons (Fsp3) is 0.312. The van der Waals surface area contributed by atoms with E-state index in [1.165, 1.54) is 11.2 Å². The number of alkyl halides is 1. The van der Waals surface area contributed by atoms with E-state index in [0.29, 0.717) is 22.9 Å². The number of β-amino-alcohol motifs (C(OH)–C–C–N with tert-alkyl or cyclic N) is 1. The van der Waals surface area contributed by atoms with Crippen molar-refractivity contribution in [3.8, 4) is 11.6 Å². The zero-order valence-corrected chi connectivity index (χ0v) is 14.0. The van der Waals surface area contributed by atoms with Crippen molar-refractivity contribution < 1.29 is 19.0 Å². The molecule has 25 heavy (non-hydrogen) atoms. The number of benzene rings is 1. The predicted molar refractivity (Wildman–Crippen MR) is 90.5 cm³/mol. The Balaban J connectivity index is 0.00000225. The Morgan fingerprint density at radius 2 is 2.16 bits per heavy atom. The van der Waals surface area contributed by atoms with E-state index in [1.54, 1.807) is 30.3 Å². The summed E-state index contributed by atoms with van der Waals surface area (Å²) in [5.41, 5.74) is 6.50. The van der Waals surface area contributed by atoms with Gasteiger partial charge in [0.25, 0.3) is 5.91 Å². The first-order chi connectivity index (χ1) is 11.6. The highest BCUT2D eigenvalue weighted by atomic mass is 35.5. The fourth-order valence-electron chi connectivity index (χ4n) is 2.45. The topological polar surface area (TPSA) is 102 Å². The Morgan fingerprint density at radius 1 is 1.36 bits per heavy atom. The second kappa shape index (κ2) is 8.19. The standard InChI is InChI=1S/C16H17FN4O3.ClH/c17-13-7-21(8-14(13)22)16(23)10-2-1-3-12(4-10)24-15-5-11(6-18)19-9-20-15;/h1-5,9,13-14,22H,6-8,18H2;1H/t13-,14-;/m0./s1. The summed E-state index contributed by atoms with van der Waals surface area (Å²) >= 11 is 0. The van der Waals surface area contributed by atoms with Gasteiger partial charge in [0.15, 0.2) is 0 Å². The molecule has 2 heterocycles. The van der Waals surface area contributed by atoms with Gasteiger partial charge in [-0.2, -0.15) is 0 Å². The third-order valence-corrected chi connectivity index (χ3v) is 3.72. The molecule has 0 spiro atoms. The summed E-state index contributed by atoms with van der Waals surface area (Å²) in [6, 6.07) is 8.10. The average molecular weight is 369 g/mol. The molecule has 134 valence electrons. The molecule has 0 aliphatic carbocycles. The van der Waals surface area contributed by atoms with Crippen molar-refractivity contribution in [3.05, 3.63) is 47.9 Å². The summed E-state index contributed by atoms with van der Waals surface area (Å²) in [5.74, 6) is 0.375. The highest BCUT2D eigenvalue weighted by Gasteiger charge is 2.34. The summed E-state index contributed by atoms with van der Waals surface area (Å²) in [6.45, 7) is 0.132. The van der Waals surface area contributed by atoms with Gasteiger partial charge in [0.2, 0.25) is 5.88 Å². The van der Waals surface area contributed by atoms with Gasteiger partial charge in [0.05, 0.1) is 12.2 Å². The Morgan fingerprint density at radius 3 is 2.84 bits per heavy atom. The minimum absolute atomic E-state index is 0. The van der Waals surface area contributed by atoms with Gasteiger partial charge in [-0.15, -0.1) is 12.4 Å². The third-order valence-electron chi connectivity index (χ3n) is 3.72. The number of aromatic nitrogens is 2. The van der Waals surface area contributed by atoms with Gasteiger partial charge < -0.3 is 20.5 Å². The third kappa shape index (κ3) is 4.41. The lowest BCUT2D eigenvalue weighted by Crippen LogP contribution is -2.29. The van der Waals surface area contributed by atoms with Crippen LogP contribution in [0.4, 0.5) is 4.39 Å². The molecule has 1 amide bonds. The van der Waals surface area contributed by atoms with Crippen molar-refractivity contribution in [1.29, 1.82) is 0 Å². The summed E-state index contributed by atoms with van der Waals surface area (Å²) in [6.07, 6.45) is -1.20. The molecule has 2 atom stereocenters. The smallest absolute Gasteiger partial charge is 0.254 e. The number of ether oxygens (including phenoxy) is 1. The average Bonchev–Trinajstić information content (AvgIpc) is 2.93. The summed E-state index contributed by atoms with van der Waals surface area (Å²) < 4.78 is 19.0. The maximum absolute atomic E-state index is 13.4. The van der Waals surface area contributed by atoms with Crippen molar-refractivity contribution in [2.24, 2.45) is 5.73 Å². The maximum Gasteiger partial charge on any atom is 0.254 e. The molecule has 1 saturated heterocycles. The van der Waals surface area contributed by atoms with Crippen molar-refractivity contribution >= 4 is 18.3 Å². The second-order valence-corrected chi connectivity index (χ2v) is 5.48. The van der Waals surface area contributed by atoms with Crippen LogP contribution in [0.5, 0.6) is 11.6 Å². The Labute approximate surface area is 150 Å². The first kappa shape index (κ1) is 19.0. The zero-order valence-electron chi connectivity index (χ0n) is 13.2. The molecule has 0 bridgehead atoms. The van der Waals surface area contributed by atoms with Crippen LogP contribution in [0.2, 0.25) is 0 Å². The molecule has 7 nitrogen and oxygen atoms in total. The van der Waals surface area contributed by atoms with E-state index in [1.807, 2.05) is 0 Å². The number of nitrogens with zero attached hydrogens (tertiary/aromatic N) is 3. The van der Waals surface area contributed by atoms with Crippen LogP contribution in [0.3, 0.4) is 0 Å². The molecule has 1 aromatic heterocycles. The fourth-order valence-corrected chi connectivity index (χ4v) is 2.45. The van der Waals surface area contributed by atoms with Gasteiger partial charge >= 0.3 is 0 Å². The van der Waals surface area contributed by atoms with E-state index in [4.69, 9.17) is 10.5 Å². The van der Waals surface area contributed by atoms with Crippen LogP contribution < -0.4 is 10.5 Å². The van der Waals surface area contributed by atoms with Crippen molar-refractivity contribution in [3.63, 3.8) is 0 Å². The highest BCUT2D eigenvalue weighted by Crippen LogP contribution is 2.23. The van der Waals surface area contributed by atoms with E-state index in [9.17, 15) is 14.3 Å². The van der Waals surface area contributed by atoms with Gasteiger partial charge in [-0.3, -0.25) is 4.79 Å². The van der Waals surface area contributed by atoms with E-state index in [-0.39, 0.29) is 37.9 Å². The molecule has 9 heteroatoms. The summed E-state index contributed by atoms with van der Waals surface area (Å²) in [5, 5.41) is 9.44. The molecule has 1 aromatic carbocycles. The maximum atomic E-state index is 13.4. The lowest BCUT2D eigenvalue weighted by Gasteiger charge is -2.15. The van der Waals surface area contributed by atoms with Gasteiger partial charge in [-0.05, 0) is 18.2 Å². The number of carbonyl (C=O) groups is 1. The largest absolute Gasteiger partial charge is 0.439 e. The molecule has 3 N–H and O–H groups in total. The van der Waals surface area contributed by atoms with Crippen LogP contribution >= 0.6 is 12.4 Å².